The summed E-state index contributed by atoms with van der Waals surface area (Å²) in [6, 6.07) is 0. The zero-order chi connectivity index (χ0) is 8.77. The fourth-order valence-corrected chi connectivity index (χ4v) is 1.82. The van der Waals surface area contributed by atoms with E-state index < -0.39 is 5.41 Å². The van der Waals surface area contributed by atoms with Crippen LogP contribution in [0.15, 0.2) is 23.8 Å². The molecule has 2 heteroatoms. The van der Waals surface area contributed by atoms with E-state index in [1.165, 1.54) is 6.08 Å². The quantitative estimate of drug-likeness (QED) is 0.505. The SMILES string of the molecule is CC12C(=O)C=CC1=CCCC2=O. The van der Waals surface area contributed by atoms with Gasteiger partial charge in [0.25, 0.3) is 0 Å². The molecule has 0 aromatic carbocycles. The molecule has 0 saturated carbocycles. The van der Waals surface area contributed by atoms with Crippen LogP contribution in [-0.2, 0) is 9.59 Å². The lowest BCUT2D eigenvalue weighted by atomic mass is 9.74. The van der Waals surface area contributed by atoms with Gasteiger partial charge in [0.05, 0.1) is 0 Å². The number of carbonyl (C=O) groups is 2. The first-order chi connectivity index (χ1) is 5.65. The molecule has 0 aliphatic heterocycles. The number of hydrogen-bond acceptors (Lipinski definition) is 2. The van der Waals surface area contributed by atoms with Crippen molar-refractivity contribution in [2.45, 2.75) is 19.8 Å². The van der Waals surface area contributed by atoms with Crippen LogP contribution in [0.3, 0.4) is 0 Å². The third-order valence-electron chi connectivity index (χ3n) is 2.78. The molecule has 0 aromatic rings. The Morgan fingerprint density at radius 2 is 2.08 bits per heavy atom. The molecule has 12 heavy (non-hydrogen) atoms. The van der Waals surface area contributed by atoms with E-state index in [1.54, 1.807) is 13.0 Å². The van der Waals surface area contributed by atoms with Crippen molar-refractivity contribution in [1.29, 1.82) is 0 Å². The monoisotopic (exact) mass is 162 g/mol. The Hall–Kier alpha value is -1.18. The van der Waals surface area contributed by atoms with Crippen molar-refractivity contribution in [1.82, 2.24) is 0 Å². The second kappa shape index (κ2) is 2.16. The van der Waals surface area contributed by atoms with Crippen LogP contribution in [0.1, 0.15) is 19.8 Å². The van der Waals surface area contributed by atoms with Crippen LogP contribution >= 0.6 is 0 Å². The molecule has 2 aliphatic carbocycles. The normalized spacial score (nSPS) is 33.6. The van der Waals surface area contributed by atoms with E-state index in [2.05, 4.69) is 0 Å². The summed E-state index contributed by atoms with van der Waals surface area (Å²) in [4.78, 5) is 22.9. The van der Waals surface area contributed by atoms with Gasteiger partial charge >= 0.3 is 0 Å². The van der Waals surface area contributed by atoms with E-state index in [9.17, 15) is 9.59 Å². The number of hydrogen-bond donors (Lipinski definition) is 0. The van der Waals surface area contributed by atoms with E-state index in [0.29, 0.717) is 6.42 Å². The third-order valence-corrected chi connectivity index (χ3v) is 2.78. The van der Waals surface area contributed by atoms with Crippen LogP contribution in [0, 0.1) is 5.41 Å². The van der Waals surface area contributed by atoms with Gasteiger partial charge in [-0.05, 0) is 25.0 Å². The van der Waals surface area contributed by atoms with Crippen molar-refractivity contribution < 1.29 is 9.59 Å². The first-order valence-electron chi connectivity index (χ1n) is 4.12. The number of rotatable bonds is 0. The number of fused-ring (bicyclic) bond motifs is 1. The van der Waals surface area contributed by atoms with Crippen LogP contribution in [-0.4, -0.2) is 11.6 Å². The summed E-state index contributed by atoms with van der Waals surface area (Å²) in [5.74, 6) is 0.00782. The minimum absolute atomic E-state index is 0.0570. The highest BCUT2D eigenvalue weighted by Crippen LogP contribution is 2.40. The molecule has 2 nitrogen and oxygen atoms in total. The van der Waals surface area contributed by atoms with Crippen LogP contribution in [0.25, 0.3) is 0 Å². The molecule has 0 N–H and O–H groups in total. The molecule has 0 spiro atoms. The predicted molar refractivity (Wildman–Crippen MR) is 44.6 cm³/mol. The minimum Gasteiger partial charge on any atom is -0.298 e. The van der Waals surface area contributed by atoms with Crippen molar-refractivity contribution in [2.24, 2.45) is 5.41 Å². The second-order valence-electron chi connectivity index (χ2n) is 3.44. The molecule has 1 unspecified atom stereocenters. The van der Waals surface area contributed by atoms with Gasteiger partial charge in [-0.15, -0.1) is 0 Å². The van der Waals surface area contributed by atoms with Gasteiger partial charge in [0.15, 0.2) is 11.6 Å². The molecule has 0 aromatic heterocycles. The Kier molecular flexibility index (Phi) is 1.34. The molecule has 0 heterocycles. The molecule has 0 bridgehead atoms. The van der Waals surface area contributed by atoms with Gasteiger partial charge in [0.2, 0.25) is 0 Å². The van der Waals surface area contributed by atoms with Crippen molar-refractivity contribution >= 4 is 11.6 Å². The molecular weight excluding hydrogens is 152 g/mol. The number of carbonyl (C=O) groups excluding carboxylic acids is 2. The summed E-state index contributed by atoms with van der Waals surface area (Å²) >= 11 is 0. The fraction of sp³-hybridized carbons (Fsp3) is 0.400. The van der Waals surface area contributed by atoms with E-state index in [4.69, 9.17) is 0 Å². The van der Waals surface area contributed by atoms with Gasteiger partial charge in [-0.2, -0.15) is 0 Å². The molecule has 1 atom stereocenters. The lowest BCUT2D eigenvalue weighted by Gasteiger charge is -2.26. The fourth-order valence-electron chi connectivity index (χ4n) is 1.82. The Labute approximate surface area is 71.0 Å². The van der Waals surface area contributed by atoms with Gasteiger partial charge in [-0.25, -0.2) is 0 Å². The van der Waals surface area contributed by atoms with Gasteiger partial charge in [0.1, 0.15) is 5.41 Å². The number of allylic oxidation sites excluding steroid dienone is 4. The maximum absolute atomic E-state index is 11.5. The maximum atomic E-state index is 11.5. The largest absolute Gasteiger partial charge is 0.298 e. The number of ketones is 2. The average Bonchev–Trinajstić information content (AvgIpc) is 2.33. The highest BCUT2D eigenvalue weighted by Gasteiger charge is 2.45. The Bertz CT molecular complexity index is 323. The van der Waals surface area contributed by atoms with Crippen LogP contribution in [0.5, 0.6) is 0 Å². The van der Waals surface area contributed by atoms with Gasteiger partial charge in [-0.3, -0.25) is 9.59 Å². The zero-order valence-electron chi connectivity index (χ0n) is 6.96. The first kappa shape index (κ1) is 7.47. The molecular formula is C10H10O2. The molecule has 62 valence electrons. The standard InChI is InChI=1S/C10H10O2/c1-10-7(5-6-9(10)12)3-2-4-8(10)11/h3,5-6H,2,4H2,1H3. The summed E-state index contributed by atoms with van der Waals surface area (Å²) in [5, 5.41) is 0. The Morgan fingerprint density at radius 3 is 2.75 bits per heavy atom. The number of Topliss-reactive ketones (excluding diaryl/α,β-unsaturated/α-hetero) is 1. The van der Waals surface area contributed by atoms with Gasteiger partial charge in [-0.1, -0.05) is 12.2 Å². The first-order valence-corrected chi connectivity index (χ1v) is 4.12. The van der Waals surface area contributed by atoms with Crippen molar-refractivity contribution in [2.75, 3.05) is 0 Å². The Balaban J connectivity index is 2.56. The second-order valence-corrected chi connectivity index (χ2v) is 3.44. The predicted octanol–water partition coefficient (Wildman–Crippen LogP) is 1.42. The van der Waals surface area contributed by atoms with E-state index in [1.807, 2.05) is 6.08 Å². The van der Waals surface area contributed by atoms with Crippen molar-refractivity contribution in [3.8, 4) is 0 Å². The lowest BCUT2D eigenvalue weighted by Crippen LogP contribution is -2.35. The molecule has 2 rings (SSSR count). The van der Waals surface area contributed by atoms with E-state index in [-0.39, 0.29) is 11.6 Å². The summed E-state index contributed by atoms with van der Waals surface area (Å²) in [6.07, 6.45) is 6.55. The topological polar surface area (TPSA) is 34.1 Å². The molecule has 2 aliphatic rings. The van der Waals surface area contributed by atoms with Crippen LogP contribution in [0.4, 0.5) is 0 Å². The molecule has 0 fully saturated rings. The minimum atomic E-state index is -0.821. The van der Waals surface area contributed by atoms with Gasteiger partial charge < -0.3 is 0 Å². The highest BCUT2D eigenvalue weighted by molar-refractivity contribution is 6.17. The molecule has 0 amide bonds. The van der Waals surface area contributed by atoms with Crippen LogP contribution in [0.2, 0.25) is 0 Å². The average molecular weight is 162 g/mol. The van der Waals surface area contributed by atoms with Crippen molar-refractivity contribution in [3.05, 3.63) is 23.8 Å². The summed E-state index contributed by atoms with van der Waals surface area (Å²) in [7, 11) is 0. The zero-order valence-corrected chi connectivity index (χ0v) is 6.96. The van der Waals surface area contributed by atoms with Crippen LogP contribution < -0.4 is 0 Å². The maximum Gasteiger partial charge on any atom is 0.173 e. The smallest absolute Gasteiger partial charge is 0.173 e. The lowest BCUT2D eigenvalue weighted by molar-refractivity contribution is -0.134. The molecule has 0 radical (unpaired) electrons. The third kappa shape index (κ3) is 0.697. The van der Waals surface area contributed by atoms with Crippen molar-refractivity contribution in [3.63, 3.8) is 0 Å². The summed E-state index contributed by atoms with van der Waals surface area (Å²) in [6.45, 7) is 1.72. The van der Waals surface area contributed by atoms with E-state index in [0.717, 1.165) is 12.0 Å². The summed E-state index contributed by atoms with van der Waals surface area (Å²) in [5.41, 5.74) is 0.0712. The molecule has 0 saturated heterocycles. The highest BCUT2D eigenvalue weighted by atomic mass is 16.2. The summed E-state index contributed by atoms with van der Waals surface area (Å²) < 4.78 is 0. The Morgan fingerprint density at radius 1 is 1.33 bits per heavy atom. The van der Waals surface area contributed by atoms with E-state index >= 15 is 0 Å². The van der Waals surface area contributed by atoms with Gasteiger partial charge in [0, 0.05) is 6.42 Å².